The molecule has 4 nitrogen and oxygen atoms in total. The molecule has 0 aliphatic carbocycles. The highest BCUT2D eigenvalue weighted by molar-refractivity contribution is 5.79. The molecule has 4 heteroatoms. The van der Waals surface area contributed by atoms with Gasteiger partial charge >= 0.3 is 0 Å². The molecule has 1 atom stereocenters. The van der Waals surface area contributed by atoms with Crippen LogP contribution in [0.3, 0.4) is 0 Å². The summed E-state index contributed by atoms with van der Waals surface area (Å²) in [6.07, 6.45) is 1.05. The van der Waals surface area contributed by atoms with Crippen LogP contribution in [0.25, 0.3) is 11.0 Å². The van der Waals surface area contributed by atoms with E-state index in [1.54, 1.807) is 7.11 Å². The van der Waals surface area contributed by atoms with Crippen molar-refractivity contribution in [2.24, 2.45) is 0 Å². The molecule has 1 N–H and O–H groups in total. The van der Waals surface area contributed by atoms with E-state index in [9.17, 15) is 0 Å². The van der Waals surface area contributed by atoms with Gasteiger partial charge in [0.05, 0.1) is 7.11 Å². The molecule has 2 aromatic rings. The maximum Gasteiger partial charge on any atom is 0.138 e. The van der Waals surface area contributed by atoms with Gasteiger partial charge in [0.1, 0.15) is 23.2 Å². The molecule has 1 aliphatic heterocycles. The fraction of sp³-hybridized carbons (Fsp3) is 0.429. The van der Waals surface area contributed by atoms with Gasteiger partial charge in [0.25, 0.3) is 0 Å². The predicted octanol–water partition coefficient (Wildman–Crippen LogP) is 2.49. The Morgan fingerprint density at radius 1 is 1.33 bits per heavy atom. The van der Waals surface area contributed by atoms with E-state index in [0.717, 1.165) is 48.6 Å². The van der Waals surface area contributed by atoms with E-state index in [1.807, 2.05) is 24.3 Å². The Balaban J connectivity index is 1.91. The zero-order chi connectivity index (χ0) is 12.4. The molecule has 1 saturated heterocycles. The fourth-order valence-corrected chi connectivity index (χ4v) is 2.22. The lowest BCUT2D eigenvalue weighted by Gasteiger charge is -2.11. The van der Waals surface area contributed by atoms with E-state index >= 15 is 0 Å². The second-order valence-corrected chi connectivity index (χ2v) is 4.47. The Hall–Kier alpha value is -1.52. The van der Waals surface area contributed by atoms with Crippen LogP contribution in [0.15, 0.2) is 28.7 Å². The van der Waals surface area contributed by atoms with Gasteiger partial charge in [0.15, 0.2) is 0 Å². The summed E-state index contributed by atoms with van der Waals surface area (Å²) >= 11 is 0. The Morgan fingerprint density at radius 2 is 2.28 bits per heavy atom. The average Bonchev–Trinajstić information content (AvgIpc) is 2.63. The van der Waals surface area contributed by atoms with Crippen molar-refractivity contribution in [3.63, 3.8) is 0 Å². The van der Waals surface area contributed by atoms with Crippen LogP contribution >= 0.6 is 0 Å². The van der Waals surface area contributed by atoms with Crippen molar-refractivity contribution in [2.75, 3.05) is 26.8 Å². The molecule has 3 rings (SSSR count). The number of fused-ring (bicyclic) bond motifs is 1. The Labute approximate surface area is 106 Å². The summed E-state index contributed by atoms with van der Waals surface area (Å²) in [5.74, 6) is 1.69. The summed E-state index contributed by atoms with van der Waals surface area (Å²) < 4.78 is 16.8. The van der Waals surface area contributed by atoms with E-state index in [1.165, 1.54) is 0 Å². The van der Waals surface area contributed by atoms with Gasteiger partial charge in [-0.15, -0.1) is 0 Å². The van der Waals surface area contributed by atoms with Crippen LogP contribution in [-0.2, 0) is 4.74 Å². The summed E-state index contributed by atoms with van der Waals surface area (Å²) in [4.78, 5) is 0. The monoisotopic (exact) mass is 247 g/mol. The predicted molar refractivity (Wildman–Crippen MR) is 68.9 cm³/mol. The molecule has 1 aromatic carbocycles. The third kappa shape index (κ3) is 2.21. The Kier molecular flexibility index (Phi) is 3.21. The van der Waals surface area contributed by atoms with Crippen molar-refractivity contribution in [3.8, 4) is 5.75 Å². The number of hydrogen-bond donors (Lipinski definition) is 1. The third-order valence-corrected chi connectivity index (χ3v) is 3.21. The standard InChI is InChI=1S/C14H17NO3/c1-16-11-4-3-10-7-13(18-12(10)8-11)14-9-15-5-2-6-17-14/h3-4,7-8,14-15H,2,5-6,9H2,1H3. The molecule has 96 valence electrons. The lowest BCUT2D eigenvalue weighted by Crippen LogP contribution is -2.19. The van der Waals surface area contributed by atoms with Gasteiger partial charge in [0.2, 0.25) is 0 Å². The molecule has 0 radical (unpaired) electrons. The number of benzene rings is 1. The molecule has 1 fully saturated rings. The van der Waals surface area contributed by atoms with Gasteiger partial charge < -0.3 is 19.2 Å². The van der Waals surface area contributed by atoms with Crippen molar-refractivity contribution in [3.05, 3.63) is 30.0 Å². The summed E-state index contributed by atoms with van der Waals surface area (Å²) in [6.45, 7) is 2.58. The summed E-state index contributed by atoms with van der Waals surface area (Å²) in [6, 6.07) is 7.90. The van der Waals surface area contributed by atoms with Crippen LogP contribution < -0.4 is 10.1 Å². The van der Waals surface area contributed by atoms with Gasteiger partial charge in [-0.25, -0.2) is 0 Å². The first kappa shape index (κ1) is 11.6. The van der Waals surface area contributed by atoms with E-state index < -0.39 is 0 Å². The molecule has 0 amide bonds. The van der Waals surface area contributed by atoms with Crippen molar-refractivity contribution >= 4 is 11.0 Å². The van der Waals surface area contributed by atoms with E-state index in [0.29, 0.717) is 0 Å². The molecule has 0 bridgehead atoms. The molecule has 1 aliphatic rings. The largest absolute Gasteiger partial charge is 0.497 e. The number of hydrogen-bond acceptors (Lipinski definition) is 4. The number of methoxy groups -OCH3 is 1. The number of furan rings is 1. The SMILES string of the molecule is COc1ccc2cc(C3CNCCCO3)oc2c1. The minimum absolute atomic E-state index is 0.00546. The van der Waals surface area contributed by atoms with E-state index in [4.69, 9.17) is 13.9 Å². The van der Waals surface area contributed by atoms with Gasteiger partial charge in [-0.1, -0.05) is 0 Å². The Morgan fingerprint density at radius 3 is 3.17 bits per heavy atom. The van der Waals surface area contributed by atoms with Gasteiger partial charge in [0, 0.05) is 24.6 Å². The second kappa shape index (κ2) is 5.00. The van der Waals surface area contributed by atoms with Crippen LogP contribution in [-0.4, -0.2) is 26.8 Å². The molecular formula is C14H17NO3. The first-order valence-electron chi connectivity index (χ1n) is 6.26. The fourth-order valence-electron chi connectivity index (χ4n) is 2.22. The normalized spacial score (nSPS) is 20.8. The van der Waals surface area contributed by atoms with Crippen molar-refractivity contribution < 1.29 is 13.9 Å². The van der Waals surface area contributed by atoms with Gasteiger partial charge in [-0.2, -0.15) is 0 Å². The van der Waals surface area contributed by atoms with Crippen LogP contribution in [0.1, 0.15) is 18.3 Å². The van der Waals surface area contributed by atoms with Crippen LogP contribution in [0.2, 0.25) is 0 Å². The van der Waals surface area contributed by atoms with Gasteiger partial charge in [-0.3, -0.25) is 0 Å². The highest BCUT2D eigenvalue weighted by atomic mass is 16.5. The van der Waals surface area contributed by atoms with Crippen molar-refractivity contribution in [2.45, 2.75) is 12.5 Å². The van der Waals surface area contributed by atoms with Gasteiger partial charge in [-0.05, 0) is 31.2 Å². The summed E-state index contributed by atoms with van der Waals surface area (Å²) in [7, 11) is 1.66. The quantitative estimate of drug-likeness (QED) is 0.885. The van der Waals surface area contributed by atoms with Crippen molar-refractivity contribution in [1.29, 1.82) is 0 Å². The molecule has 1 unspecified atom stereocenters. The molecule has 2 heterocycles. The van der Waals surface area contributed by atoms with Crippen LogP contribution in [0.5, 0.6) is 5.75 Å². The number of nitrogens with one attached hydrogen (secondary N) is 1. The topological polar surface area (TPSA) is 43.6 Å². The minimum atomic E-state index is 0.00546. The average molecular weight is 247 g/mol. The number of ether oxygens (including phenoxy) is 2. The second-order valence-electron chi connectivity index (χ2n) is 4.47. The molecule has 0 spiro atoms. The molecule has 1 aromatic heterocycles. The third-order valence-electron chi connectivity index (χ3n) is 3.21. The van der Waals surface area contributed by atoms with E-state index in [2.05, 4.69) is 5.32 Å². The zero-order valence-corrected chi connectivity index (χ0v) is 10.4. The van der Waals surface area contributed by atoms with Crippen LogP contribution in [0.4, 0.5) is 0 Å². The maximum atomic E-state index is 5.86. The first-order chi connectivity index (χ1) is 8.86. The minimum Gasteiger partial charge on any atom is -0.497 e. The lowest BCUT2D eigenvalue weighted by molar-refractivity contribution is 0.0525. The number of rotatable bonds is 2. The zero-order valence-electron chi connectivity index (χ0n) is 10.4. The van der Waals surface area contributed by atoms with E-state index in [-0.39, 0.29) is 6.10 Å². The molecule has 0 saturated carbocycles. The molecule has 18 heavy (non-hydrogen) atoms. The summed E-state index contributed by atoms with van der Waals surface area (Å²) in [5, 5.41) is 4.44. The van der Waals surface area contributed by atoms with Crippen molar-refractivity contribution in [1.82, 2.24) is 5.32 Å². The lowest BCUT2D eigenvalue weighted by atomic mass is 10.2. The smallest absolute Gasteiger partial charge is 0.138 e. The highest BCUT2D eigenvalue weighted by Crippen LogP contribution is 2.29. The molecular weight excluding hydrogens is 230 g/mol. The maximum absolute atomic E-state index is 5.86. The highest BCUT2D eigenvalue weighted by Gasteiger charge is 2.18. The van der Waals surface area contributed by atoms with Crippen LogP contribution in [0, 0.1) is 0 Å². The summed E-state index contributed by atoms with van der Waals surface area (Å²) in [5.41, 5.74) is 0.845. The Bertz CT molecular complexity index is 527. The first-order valence-corrected chi connectivity index (χ1v) is 6.26.